The minimum Gasteiger partial charge on any atom is -0.465 e. The maximum atomic E-state index is 12.9. The number of aliphatic hydroxyl groups excluding tert-OH is 1. The van der Waals surface area contributed by atoms with Crippen molar-refractivity contribution in [3.63, 3.8) is 0 Å². The fourth-order valence-electron chi connectivity index (χ4n) is 10.4. The van der Waals surface area contributed by atoms with Gasteiger partial charge in [-0.2, -0.15) is 0 Å². The van der Waals surface area contributed by atoms with E-state index >= 15 is 0 Å². The van der Waals surface area contributed by atoms with Crippen LogP contribution in [0.3, 0.4) is 0 Å². The van der Waals surface area contributed by atoms with Crippen molar-refractivity contribution in [2.24, 2.45) is 17.8 Å². The first-order chi connectivity index (χ1) is 32.4. The lowest BCUT2D eigenvalue weighted by Gasteiger charge is -2.37. The van der Waals surface area contributed by atoms with Gasteiger partial charge in [-0.05, 0) is 108 Å². The van der Waals surface area contributed by atoms with Crippen LogP contribution in [0.1, 0.15) is 291 Å². The molecule has 0 bridgehead atoms. The van der Waals surface area contributed by atoms with Crippen LogP contribution in [0.2, 0.25) is 0 Å². The van der Waals surface area contributed by atoms with Crippen LogP contribution >= 0.6 is 0 Å². The molecule has 0 unspecified atom stereocenters. The summed E-state index contributed by atoms with van der Waals surface area (Å²) in [6.07, 6.45) is 48.7. The lowest BCUT2D eigenvalue weighted by Crippen LogP contribution is -2.44. The predicted molar refractivity (Wildman–Crippen MR) is 284 cm³/mol. The van der Waals surface area contributed by atoms with E-state index in [2.05, 4.69) is 44.4 Å². The van der Waals surface area contributed by atoms with Gasteiger partial charge in [-0.3, -0.25) is 19.4 Å². The number of hydrogen-bond donors (Lipinski definition) is 1. The van der Waals surface area contributed by atoms with Gasteiger partial charge in [-0.25, -0.2) is 0 Å². The Morgan fingerprint density at radius 3 is 1.20 bits per heavy atom. The Kier molecular flexibility index (Phi) is 45.2. The lowest BCUT2D eigenvalue weighted by atomic mass is 9.86. The van der Waals surface area contributed by atoms with Crippen molar-refractivity contribution in [3.05, 3.63) is 0 Å². The van der Waals surface area contributed by atoms with E-state index in [1.54, 1.807) is 0 Å². The molecule has 1 aliphatic rings. The Bertz CT molecular complexity index is 1000. The number of hydrogen-bond acceptors (Lipinski definition) is 7. The van der Waals surface area contributed by atoms with Crippen LogP contribution in [0.5, 0.6) is 0 Å². The van der Waals surface area contributed by atoms with Gasteiger partial charge in [0.25, 0.3) is 0 Å². The summed E-state index contributed by atoms with van der Waals surface area (Å²) in [5.41, 5.74) is 0. The molecule has 0 spiro atoms. The highest BCUT2D eigenvalue weighted by atomic mass is 16.5. The van der Waals surface area contributed by atoms with E-state index < -0.39 is 0 Å². The third-order valence-electron chi connectivity index (χ3n) is 15.1. The van der Waals surface area contributed by atoms with Gasteiger partial charge in [0.2, 0.25) is 0 Å². The second-order valence-corrected chi connectivity index (χ2v) is 21.5. The number of carbonyl (C=O) groups is 2. The number of rotatable bonds is 50. The van der Waals surface area contributed by atoms with E-state index in [0.29, 0.717) is 50.5 Å². The molecule has 7 heteroatoms. The zero-order valence-corrected chi connectivity index (χ0v) is 45.2. The maximum Gasteiger partial charge on any atom is 0.305 e. The van der Waals surface area contributed by atoms with Crippen molar-refractivity contribution >= 4 is 11.9 Å². The van der Waals surface area contributed by atoms with Crippen LogP contribution < -0.4 is 0 Å². The number of aliphatic hydroxyl groups is 1. The Balaban J connectivity index is 2.49. The van der Waals surface area contributed by atoms with E-state index in [-0.39, 0.29) is 18.5 Å². The molecule has 66 heavy (non-hydrogen) atoms. The fraction of sp³-hybridized carbons (Fsp3) is 0.966. The van der Waals surface area contributed by atoms with Crippen LogP contribution in [0, 0.1) is 17.8 Å². The van der Waals surface area contributed by atoms with Gasteiger partial charge < -0.3 is 14.6 Å². The summed E-state index contributed by atoms with van der Waals surface area (Å²) >= 11 is 0. The van der Waals surface area contributed by atoms with Crippen molar-refractivity contribution in [2.75, 3.05) is 52.5 Å². The van der Waals surface area contributed by atoms with E-state index in [4.69, 9.17) is 9.47 Å². The quantitative estimate of drug-likeness (QED) is 0.0481. The smallest absolute Gasteiger partial charge is 0.305 e. The first-order valence-electron chi connectivity index (χ1n) is 29.7. The molecule has 0 aliphatic heterocycles. The topological polar surface area (TPSA) is 79.3 Å². The highest BCUT2D eigenvalue weighted by Crippen LogP contribution is 2.28. The summed E-state index contributed by atoms with van der Waals surface area (Å²) in [7, 11) is 0. The molecule has 0 atom stereocenters. The molecule has 0 aromatic carbocycles. The zero-order chi connectivity index (χ0) is 48.0. The number of nitrogens with zero attached hydrogens (tertiary/aromatic N) is 2. The van der Waals surface area contributed by atoms with Crippen LogP contribution in [-0.2, 0) is 19.1 Å². The monoisotopic (exact) mass is 933 g/mol. The largest absolute Gasteiger partial charge is 0.465 e. The fourth-order valence-corrected chi connectivity index (χ4v) is 10.4. The molecule has 0 aromatic heterocycles. The predicted octanol–water partition coefficient (Wildman–Crippen LogP) is 16.6. The molecule has 1 N–H and O–H groups in total. The average molecular weight is 934 g/mol. The summed E-state index contributed by atoms with van der Waals surface area (Å²) in [6.45, 7) is 17.7. The normalized spacial score (nSPS) is 15.5. The van der Waals surface area contributed by atoms with E-state index in [9.17, 15) is 14.7 Å². The van der Waals surface area contributed by atoms with E-state index in [1.807, 2.05) is 0 Å². The number of unbranched alkanes of at least 4 members (excludes halogenated alkanes) is 24. The van der Waals surface area contributed by atoms with Gasteiger partial charge in [-0.1, -0.05) is 202 Å². The molecule has 0 heterocycles. The minimum atomic E-state index is -0.0151. The highest BCUT2D eigenvalue weighted by Gasteiger charge is 2.24. The minimum absolute atomic E-state index is 0.00629. The number of carbonyl (C=O) groups excluding carboxylic acids is 2. The maximum absolute atomic E-state index is 12.9. The first kappa shape index (κ1) is 62.8. The van der Waals surface area contributed by atoms with Crippen LogP contribution in [0.25, 0.3) is 0 Å². The van der Waals surface area contributed by atoms with Crippen molar-refractivity contribution < 1.29 is 24.2 Å². The third kappa shape index (κ3) is 38.6. The molecule has 0 aromatic rings. The molecule has 1 rings (SSSR count). The van der Waals surface area contributed by atoms with Gasteiger partial charge in [0, 0.05) is 38.5 Å². The standard InChI is InChI=1S/C59H116N2O5/c1-6-10-14-18-22-28-36-55(37-29-23-19-15-11-7-2)52-65-58(63)40-32-26-34-46-60(50-51-62)48-49-61(57-44-42-54(5)43-45-57)47-35-27-33-41-59(64)66-53-56(38-30-24-20-16-12-8-3)39-31-25-21-17-13-9-4/h54-57,62H,6-53H2,1-5H3. The molecule has 0 amide bonds. The molecule has 392 valence electrons. The SMILES string of the molecule is CCCCCCCCC(CCCCCCCC)COC(=O)CCCCCN(CCO)CCN(CCCCCC(=O)OCC(CCCCCCCC)CCCCCCCC)C1CCC(C)CC1. The Morgan fingerprint density at radius 2 is 0.803 bits per heavy atom. The summed E-state index contributed by atoms with van der Waals surface area (Å²) in [4.78, 5) is 30.9. The van der Waals surface area contributed by atoms with Gasteiger partial charge in [0.15, 0.2) is 0 Å². The Labute approximate surface area is 412 Å². The summed E-state index contributed by atoms with van der Waals surface area (Å²) in [6, 6.07) is 0.638. The van der Waals surface area contributed by atoms with Crippen LogP contribution in [0.15, 0.2) is 0 Å². The Hall–Kier alpha value is -1.18. The molecular formula is C59H116N2O5. The molecular weight excluding hydrogens is 817 g/mol. The van der Waals surface area contributed by atoms with Crippen molar-refractivity contribution in [1.29, 1.82) is 0 Å². The first-order valence-corrected chi connectivity index (χ1v) is 29.7. The van der Waals surface area contributed by atoms with Gasteiger partial charge >= 0.3 is 11.9 Å². The van der Waals surface area contributed by atoms with Crippen LogP contribution in [0.4, 0.5) is 0 Å². The molecule has 1 saturated carbocycles. The summed E-state index contributed by atoms with van der Waals surface area (Å²) < 4.78 is 11.8. The van der Waals surface area contributed by atoms with Crippen molar-refractivity contribution in [3.8, 4) is 0 Å². The van der Waals surface area contributed by atoms with E-state index in [1.165, 1.54) is 205 Å². The van der Waals surface area contributed by atoms with Crippen molar-refractivity contribution in [2.45, 2.75) is 297 Å². The molecule has 7 nitrogen and oxygen atoms in total. The Morgan fingerprint density at radius 1 is 0.439 bits per heavy atom. The van der Waals surface area contributed by atoms with E-state index in [0.717, 1.165) is 70.6 Å². The molecule has 0 radical (unpaired) electrons. The highest BCUT2D eigenvalue weighted by molar-refractivity contribution is 5.69. The second-order valence-electron chi connectivity index (χ2n) is 21.5. The van der Waals surface area contributed by atoms with Crippen LogP contribution in [-0.4, -0.2) is 85.4 Å². The summed E-state index contributed by atoms with van der Waals surface area (Å²) in [5.74, 6) is 1.85. The van der Waals surface area contributed by atoms with Gasteiger partial charge in [0.1, 0.15) is 0 Å². The number of ether oxygens (including phenoxy) is 2. The molecule has 1 fully saturated rings. The lowest BCUT2D eigenvalue weighted by molar-refractivity contribution is -0.146. The zero-order valence-electron chi connectivity index (χ0n) is 45.2. The van der Waals surface area contributed by atoms with Gasteiger partial charge in [-0.15, -0.1) is 0 Å². The van der Waals surface area contributed by atoms with Gasteiger partial charge in [0.05, 0.1) is 19.8 Å². The molecule has 0 saturated heterocycles. The average Bonchev–Trinajstić information content (AvgIpc) is 3.32. The molecule has 1 aliphatic carbocycles. The second kappa shape index (κ2) is 47.5. The summed E-state index contributed by atoms with van der Waals surface area (Å²) in [5, 5.41) is 9.97. The number of esters is 2. The van der Waals surface area contributed by atoms with Crippen molar-refractivity contribution in [1.82, 2.24) is 9.80 Å². The third-order valence-corrected chi connectivity index (χ3v) is 15.1.